The van der Waals surface area contributed by atoms with Crippen molar-refractivity contribution in [3.63, 3.8) is 0 Å². The van der Waals surface area contributed by atoms with E-state index in [-0.39, 0.29) is 0 Å². The summed E-state index contributed by atoms with van der Waals surface area (Å²) in [6.45, 7) is 7.46. The van der Waals surface area contributed by atoms with Gasteiger partial charge in [-0.2, -0.15) is 0 Å². The quantitative estimate of drug-likeness (QED) is 0.875. The van der Waals surface area contributed by atoms with Gasteiger partial charge < -0.3 is 10.1 Å². The van der Waals surface area contributed by atoms with Crippen molar-refractivity contribution in [1.82, 2.24) is 5.32 Å². The Labute approximate surface area is 102 Å². The summed E-state index contributed by atoms with van der Waals surface area (Å²) in [5.74, 6) is 0.618. The molecule has 0 radical (unpaired) electrons. The van der Waals surface area contributed by atoms with Gasteiger partial charge >= 0.3 is 0 Å². The van der Waals surface area contributed by atoms with E-state index in [4.69, 9.17) is 4.74 Å². The molecule has 3 heteroatoms. The van der Waals surface area contributed by atoms with Crippen molar-refractivity contribution in [1.29, 1.82) is 0 Å². The van der Waals surface area contributed by atoms with Crippen molar-refractivity contribution in [3.8, 4) is 0 Å². The van der Waals surface area contributed by atoms with Gasteiger partial charge in [-0.05, 0) is 45.9 Å². The van der Waals surface area contributed by atoms with Gasteiger partial charge in [-0.1, -0.05) is 0 Å². The number of thiophene rings is 1. The van der Waals surface area contributed by atoms with Gasteiger partial charge in [0.25, 0.3) is 0 Å². The van der Waals surface area contributed by atoms with Crippen LogP contribution in [0.2, 0.25) is 0 Å². The average molecular weight is 239 g/mol. The Morgan fingerprint density at radius 3 is 2.69 bits per heavy atom. The highest BCUT2D eigenvalue weighted by Crippen LogP contribution is 2.35. The van der Waals surface area contributed by atoms with E-state index in [1.54, 1.807) is 0 Å². The Bertz CT molecular complexity index is 361. The Hall–Kier alpha value is -0.380. The number of ether oxygens (including phenoxy) is 1. The Morgan fingerprint density at radius 1 is 1.50 bits per heavy atom. The molecule has 1 N–H and O–H groups in total. The van der Waals surface area contributed by atoms with E-state index in [1.807, 2.05) is 11.3 Å². The van der Waals surface area contributed by atoms with Crippen molar-refractivity contribution in [2.24, 2.45) is 5.92 Å². The third-order valence-corrected chi connectivity index (χ3v) is 4.41. The molecule has 16 heavy (non-hydrogen) atoms. The van der Waals surface area contributed by atoms with E-state index in [1.165, 1.54) is 21.7 Å². The molecule has 1 fully saturated rings. The lowest BCUT2D eigenvalue weighted by molar-refractivity contribution is 0.117. The van der Waals surface area contributed by atoms with Crippen LogP contribution in [0.25, 0.3) is 0 Å². The maximum atomic E-state index is 5.68. The highest BCUT2D eigenvalue weighted by atomic mass is 32.1. The molecule has 3 unspecified atom stereocenters. The average Bonchev–Trinajstić information content (AvgIpc) is 2.76. The highest BCUT2D eigenvalue weighted by molar-refractivity contribution is 7.12. The van der Waals surface area contributed by atoms with E-state index >= 15 is 0 Å². The second-order valence-electron chi connectivity index (χ2n) is 4.77. The zero-order valence-electron chi connectivity index (χ0n) is 10.5. The van der Waals surface area contributed by atoms with Crippen LogP contribution in [0, 0.1) is 19.8 Å². The zero-order valence-corrected chi connectivity index (χ0v) is 11.4. The zero-order chi connectivity index (χ0) is 11.7. The van der Waals surface area contributed by atoms with E-state index < -0.39 is 0 Å². The highest BCUT2D eigenvalue weighted by Gasteiger charge is 2.30. The molecule has 1 aliphatic rings. The number of hydrogen-bond acceptors (Lipinski definition) is 3. The summed E-state index contributed by atoms with van der Waals surface area (Å²) < 4.78 is 5.68. The summed E-state index contributed by atoms with van der Waals surface area (Å²) in [4.78, 5) is 2.84. The molecule has 0 aromatic carbocycles. The van der Waals surface area contributed by atoms with Gasteiger partial charge in [0, 0.05) is 21.7 Å². The molecule has 0 amide bonds. The number of nitrogens with one attached hydrogen (secondary N) is 1. The molecule has 2 heterocycles. The molecule has 0 spiro atoms. The van der Waals surface area contributed by atoms with Gasteiger partial charge in [-0.15, -0.1) is 11.3 Å². The molecule has 2 rings (SSSR count). The van der Waals surface area contributed by atoms with Crippen molar-refractivity contribution in [2.45, 2.75) is 39.3 Å². The summed E-state index contributed by atoms with van der Waals surface area (Å²) in [6, 6.07) is 2.78. The largest absolute Gasteiger partial charge is 0.378 e. The topological polar surface area (TPSA) is 21.3 Å². The van der Waals surface area contributed by atoms with E-state index in [2.05, 4.69) is 39.2 Å². The van der Waals surface area contributed by atoms with Crippen molar-refractivity contribution in [2.75, 3.05) is 13.7 Å². The predicted octanol–water partition coefficient (Wildman–Crippen LogP) is 3.05. The lowest BCUT2D eigenvalue weighted by Crippen LogP contribution is -2.25. The summed E-state index contributed by atoms with van der Waals surface area (Å²) in [5.41, 5.74) is 1.47. The molecule has 0 saturated carbocycles. The molecule has 1 aromatic rings. The van der Waals surface area contributed by atoms with Crippen LogP contribution in [0.4, 0.5) is 0 Å². The standard InChI is InChI=1S/C13H21NOS/c1-8-5-11(7-15-8)13(14-4)12-6-9(2)16-10(12)3/h6,8,11,13-14H,5,7H2,1-4H3. The Morgan fingerprint density at radius 2 is 2.25 bits per heavy atom. The van der Waals surface area contributed by atoms with Crippen LogP contribution < -0.4 is 5.32 Å². The molecule has 1 aliphatic heterocycles. The summed E-state index contributed by atoms with van der Waals surface area (Å²) in [6.07, 6.45) is 1.58. The first-order chi connectivity index (χ1) is 7.61. The fourth-order valence-electron chi connectivity index (χ4n) is 2.69. The molecular weight excluding hydrogens is 218 g/mol. The number of aryl methyl sites for hydroxylation is 2. The predicted molar refractivity (Wildman–Crippen MR) is 69.1 cm³/mol. The maximum absolute atomic E-state index is 5.68. The maximum Gasteiger partial charge on any atom is 0.0551 e. The van der Waals surface area contributed by atoms with Gasteiger partial charge in [0.05, 0.1) is 12.7 Å². The fraction of sp³-hybridized carbons (Fsp3) is 0.692. The molecule has 0 aliphatic carbocycles. The molecule has 90 valence electrons. The normalized spacial score (nSPS) is 27.2. The van der Waals surface area contributed by atoms with Crippen LogP contribution in [-0.4, -0.2) is 19.8 Å². The first-order valence-corrected chi connectivity index (χ1v) is 6.79. The second kappa shape index (κ2) is 4.86. The first-order valence-electron chi connectivity index (χ1n) is 5.97. The van der Waals surface area contributed by atoms with E-state index in [0.717, 1.165) is 6.61 Å². The lowest BCUT2D eigenvalue weighted by atomic mass is 9.91. The van der Waals surface area contributed by atoms with E-state index in [9.17, 15) is 0 Å². The minimum absolute atomic E-state index is 0.417. The van der Waals surface area contributed by atoms with Crippen molar-refractivity contribution < 1.29 is 4.74 Å². The SMILES string of the molecule is CNC(c1cc(C)sc1C)C1COC(C)C1. The smallest absolute Gasteiger partial charge is 0.0551 e. The van der Waals surface area contributed by atoms with Gasteiger partial charge in [0.15, 0.2) is 0 Å². The van der Waals surface area contributed by atoms with E-state index in [0.29, 0.717) is 18.1 Å². The fourth-order valence-corrected chi connectivity index (χ4v) is 3.66. The molecule has 1 aromatic heterocycles. The first kappa shape index (κ1) is 12.1. The molecule has 0 bridgehead atoms. The lowest BCUT2D eigenvalue weighted by Gasteiger charge is -2.22. The summed E-state index contributed by atoms with van der Waals surface area (Å²) in [7, 11) is 2.06. The van der Waals surface area contributed by atoms with Crippen LogP contribution >= 0.6 is 11.3 Å². The Kier molecular flexibility index (Phi) is 3.67. The third-order valence-electron chi connectivity index (χ3n) is 3.43. The second-order valence-corrected chi connectivity index (χ2v) is 6.24. The molecular formula is C13H21NOS. The molecule has 2 nitrogen and oxygen atoms in total. The van der Waals surface area contributed by atoms with Crippen LogP contribution in [0.3, 0.4) is 0 Å². The Balaban J connectivity index is 2.19. The van der Waals surface area contributed by atoms with Crippen molar-refractivity contribution in [3.05, 3.63) is 21.4 Å². The minimum atomic E-state index is 0.417. The van der Waals surface area contributed by atoms with Crippen LogP contribution in [-0.2, 0) is 4.74 Å². The number of rotatable bonds is 3. The molecule has 3 atom stereocenters. The van der Waals surface area contributed by atoms with Gasteiger partial charge in [0.1, 0.15) is 0 Å². The van der Waals surface area contributed by atoms with Crippen molar-refractivity contribution >= 4 is 11.3 Å². The number of hydrogen-bond donors (Lipinski definition) is 1. The van der Waals surface area contributed by atoms with Gasteiger partial charge in [-0.3, -0.25) is 0 Å². The van der Waals surface area contributed by atoms with Crippen LogP contribution in [0.15, 0.2) is 6.07 Å². The van der Waals surface area contributed by atoms with Gasteiger partial charge in [0.2, 0.25) is 0 Å². The van der Waals surface area contributed by atoms with Crippen LogP contribution in [0.5, 0.6) is 0 Å². The third kappa shape index (κ3) is 2.31. The van der Waals surface area contributed by atoms with Crippen LogP contribution in [0.1, 0.15) is 34.7 Å². The summed E-state index contributed by atoms with van der Waals surface area (Å²) >= 11 is 1.89. The molecule has 1 saturated heterocycles. The minimum Gasteiger partial charge on any atom is -0.378 e. The monoisotopic (exact) mass is 239 g/mol. The summed E-state index contributed by atoms with van der Waals surface area (Å²) in [5, 5.41) is 3.46. The van der Waals surface area contributed by atoms with Gasteiger partial charge in [-0.25, -0.2) is 0 Å².